The number of carboxylic acid groups (broad SMARTS) is 1. The first-order valence-electron chi connectivity index (χ1n) is 7.04. The molecule has 0 bridgehead atoms. The number of nitrogens with one attached hydrogen (secondary N) is 1. The number of hydrogen-bond acceptors (Lipinski definition) is 4. The molecule has 0 aliphatic carbocycles. The molecule has 0 aliphatic heterocycles. The van der Waals surface area contributed by atoms with Gasteiger partial charge >= 0.3 is 5.97 Å². The van der Waals surface area contributed by atoms with Crippen molar-refractivity contribution in [3.8, 4) is 10.6 Å². The van der Waals surface area contributed by atoms with Crippen LogP contribution in [0.1, 0.15) is 5.69 Å². The van der Waals surface area contributed by atoms with Gasteiger partial charge in [-0.2, -0.15) is 0 Å². The second-order valence-electron chi connectivity index (χ2n) is 5.02. The highest BCUT2D eigenvalue weighted by Crippen LogP contribution is 2.30. The molecule has 116 valence electrons. The van der Waals surface area contributed by atoms with Crippen molar-refractivity contribution in [3.63, 3.8) is 0 Å². The summed E-state index contributed by atoms with van der Waals surface area (Å²) in [6, 6.07) is 14.1. The average molecular weight is 326 g/mol. The van der Waals surface area contributed by atoms with Crippen LogP contribution in [-0.2, 0) is 16.0 Å². The number of carbonyl (C=O) groups excluding carboxylic acids is 1. The lowest BCUT2D eigenvalue weighted by Gasteiger charge is -2.03. The Balaban J connectivity index is 1.81. The molecule has 2 aromatic carbocycles. The largest absolute Gasteiger partial charge is 0.480 e. The number of fused-ring (bicyclic) bond motifs is 1. The zero-order valence-electron chi connectivity index (χ0n) is 12.2. The van der Waals surface area contributed by atoms with Crippen LogP contribution in [-0.4, -0.2) is 28.5 Å². The van der Waals surface area contributed by atoms with Gasteiger partial charge in [0.2, 0.25) is 5.91 Å². The predicted molar refractivity (Wildman–Crippen MR) is 89.4 cm³/mol. The fraction of sp³-hybridized carbons (Fsp3) is 0.118. The maximum Gasteiger partial charge on any atom is 0.322 e. The molecular weight excluding hydrogens is 312 g/mol. The smallest absolute Gasteiger partial charge is 0.322 e. The number of carboxylic acids is 1. The average Bonchev–Trinajstić information content (AvgIpc) is 3.00. The molecule has 0 radical (unpaired) electrons. The number of nitrogens with zero attached hydrogens (tertiary/aromatic N) is 1. The van der Waals surface area contributed by atoms with Gasteiger partial charge in [0.25, 0.3) is 0 Å². The third-order valence-corrected chi connectivity index (χ3v) is 4.27. The Labute approximate surface area is 136 Å². The normalized spacial score (nSPS) is 10.6. The van der Waals surface area contributed by atoms with Crippen LogP contribution in [0.3, 0.4) is 0 Å². The fourth-order valence-corrected chi connectivity index (χ4v) is 3.18. The number of amides is 1. The van der Waals surface area contributed by atoms with Gasteiger partial charge in [-0.3, -0.25) is 9.59 Å². The van der Waals surface area contributed by atoms with Gasteiger partial charge in [-0.25, -0.2) is 4.98 Å². The van der Waals surface area contributed by atoms with E-state index in [1.54, 1.807) is 0 Å². The summed E-state index contributed by atoms with van der Waals surface area (Å²) in [5, 5.41) is 15.8. The lowest BCUT2D eigenvalue weighted by atomic mass is 10.1. The number of carbonyl (C=O) groups is 2. The van der Waals surface area contributed by atoms with E-state index in [4.69, 9.17) is 5.11 Å². The molecule has 23 heavy (non-hydrogen) atoms. The lowest BCUT2D eigenvalue weighted by Crippen LogP contribution is -2.30. The van der Waals surface area contributed by atoms with Gasteiger partial charge < -0.3 is 10.4 Å². The predicted octanol–water partition coefficient (Wildman–Crippen LogP) is 2.71. The highest BCUT2D eigenvalue weighted by Gasteiger charge is 2.11. The maximum absolute atomic E-state index is 11.7. The second kappa shape index (κ2) is 6.58. The van der Waals surface area contributed by atoms with Gasteiger partial charge in [-0.15, -0.1) is 11.3 Å². The molecular formula is C17H14N2O3S. The van der Waals surface area contributed by atoms with Crippen LogP contribution in [0, 0.1) is 0 Å². The van der Waals surface area contributed by atoms with E-state index in [9.17, 15) is 9.59 Å². The summed E-state index contributed by atoms with van der Waals surface area (Å²) in [5.41, 5.74) is 1.67. The van der Waals surface area contributed by atoms with Crippen LogP contribution in [0.2, 0.25) is 0 Å². The van der Waals surface area contributed by atoms with Gasteiger partial charge in [-0.1, -0.05) is 42.5 Å². The van der Waals surface area contributed by atoms with Crippen LogP contribution in [0.5, 0.6) is 0 Å². The molecule has 0 aliphatic rings. The fourth-order valence-electron chi connectivity index (χ4n) is 2.32. The van der Waals surface area contributed by atoms with Crippen molar-refractivity contribution >= 4 is 34.0 Å². The number of hydrogen-bond donors (Lipinski definition) is 2. The molecule has 3 aromatic rings. The first-order valence-corrected chi connectivity index (χ1v) is 7.92. The quantitative estimate of drug-likeness (QED) is 0.755. The van der Waals surface area contributed by atoms with E-state index in [-0.39, 0.29) is 18.9 Å². The van der Waals surface area contributed by atoms with Crippen LogP contribution in [0.4, 0.5) is 0 Å². The van der Waals surface area contributed by atoms with Crippen molar-refractivity contribution < 1.29 is 14.7 Å². The minimum atomic E-state index is -1.06. The SMILES string of the molecule is O=C(O)CNC(=O)Cc1csc(-c2cccc3ccccc23)n1. The van der Waals surface area contributed by atoms with E-state index in [0.29, 0.717) is 5.69 Å². The molecule has 0 saturated heterocycles. The zero-order chi connectivity index (χ0) is 16.2. The summed E-state index contributed by atoms with van der Waals surface area (Å²) in [6.45, 7) is -0.376. The second-order valence-corrected chi connectivity index (χ2v) is 5.88. The molecule has 0 saturated carbocycles. The van der Waals surface area contributed by atoms with Crippen molar-refractivity contribution in [3.05, 3.63) is 53.5 Å². The molecule has 0 atom stereocenters. The summed E-state index contributed by atoms with van der Waals surface area (Å²) >= 11 is 1.48. The highest BCUT2D eigenvalue weighted by atomic mass is 32.1. The summed E-state index contributed by atoms with van der Waals surface area (Å²) in [6.07, 6.45) is 0.0779. The van der Waals surface area contributed by atoms with Crippen molar-refractivity contribution in [1.29, 1.82) is 0 Å². The summed E-state index contributed by atoms with van der Waals surface area (Å²) in [5.74, 6) is -1.41. The van der Waals surface area contributed by atoms with Crippen molar-refractivity contribution in [2.75, 3.05) is 6.54 Å². The molecule has 6 heteroatoms. The van der Waals surface area contributed by atoms with Crippen LogP contribution in [0.15, 0.2) is 47.8 Å². The highest BCUT2D eigenvalue weighted by molar-refractivity contribution is 7.13. The molecule has 0 unspecified atom stereocenters. The van der Waals surface area contributed by atoms with Crippen LogP contribution < -0.4 is 5.32 Å². The molecule has 0 spiro atoms. The Kier molecular flexibility index (Phi) is 4.34. The molecule has 0 fully saturated rings. The number of aliphatic carboxylic acids is 1. The minimum Gasteiger partial charge on any atom is -0.480 e. The van der Waals surface area contributed by atoms with Crippen molar-refractivity contribution in [1.82, 2.24) is 10.3 Å². The summed E-state index contributed by atoms with van der Waals surface area (Å²) in [4.78, 5) is 26.6. The molecule has 1 amide bonds. The molecule has 2 N–H and O–H groups in total. The Morgan fingerprint density at radius 1 is 1.13 bits per heavy atom. The Morgan fingerprint density at radius 3 is 2.74 bits per heavy atom. The summed E-state index contributed by atoms with van der Waals surface area (Å²) < 4.78 is 0. The zero-order valence-corrected chi connectivity index (χ0v) is 13.0. The molecule has 1 aromatic heterocycles. The van der Waals surface area contributed by atoms with E-state index >= 15 is 0 Å². The molecule has 5 nitrogen and oxygen atoms in total. The van der Waals surface area contributed by atoms with E-state index in [1.165, 1.54) is 11.3 Å². The van der Waals surface area contributed by atoms with Gasteiger partial charge in [0, 0.05) is 10.9 Å². The van der Waals surface area contributed by atoms with Crippen LogP contribution in [0.25, 0.3) is 21.3 Å². The Bertz CT molecular complexity index is 868. The Hall–Kier alpha value is -2.73. The van der Waals surface area contributed by atoms with Crippen molar-refractivity contribution in [2.45, 2.75) is 6.42 Å². The van der Waals surface area contributed by atoms with Gasteiger partial charge in [0.15, 0.2) is 0 Å². The van der Waals surface area contributed by atoms with Gasteiger partial charge in [0.05, 0.1) is 12.1 Å². The minimum absolute atomic E-state index is 0.0779. The number of aromatic nitrogens is 1. The molecule has 1 heterocycles. The molecule has 3 rings (SSSR count). The van der Waals surface area contributed by atoms with Crippen molar-refractivity contribution in [2.24, 2.45) is 0 Å². The van der Waals surface area contributed by atoms with E-state index < -0.39 is 5.97 Å². The first kappa shape index (κ1) is 15.2. The third kappa shape index (κ3) is 3.54. The first-order chi connectivity index (χ1) is 11.1. The van der Waals surface area contributed by atoms with Crippen LogP contribution >= 0.6 is 11.3 Å². The summed E-state index contributed by atoms with van der Waals surface area (Å²) in [7, 11) is 0. The lowest BCUT2D eigenvalue weighted by molar-refractivity contribution is -0.137. The van der Waals surface area contributed by atoms with Gasteiger partial charge in [0.1, 0.15) is 11.6 Å². The maximum atomic E-state index is 11.7. The number of benzene rings is 2. The van der Waals surface area contributed by atoms with E-state index in [2.05, 4.69) is 10.3 Å². The monoisotopic (exact) mass is 326 g/mol. The number of thiazole rings is 1. The Morgan fingerprint density at radius 2 is 1.91 bits per heavy atom. The van der Waals surface area contributed by atoms with Gasteiger partial charge in [-0.05, 0) is 10.8 Å². The third-order valence-electron chi connectivity index (χ3n) is 3.35. The van der Waals surface area contributed by atoms with E-state index in [0.717, 1.165) is 21.3 Å². The number of rotatable bonds is 5. The van der Waals surface area contributed by atoms with E-state index in [1.807, 2.05) is 47.8 Å². The topological polar surface area (TPSA) is 79.3 Å². The standard InChI is InChI=1S/C17H14N2O3S/c20-15(18-9-16(21)22)8-12-10-23-17(19-12)14-7-3-5-11-4-1-2-6-13(11)14/h1-7,10H,8-9H2,(H,18,20)(H,21,22).